The number of aliphatic hydroxyl groups is 1. The molecule has 0 radical (unpaired) electrons. The van der Waals surface area contributed by atoms with E-state index in [2.05, 4.69) is 5.32 Å². The van der Waals surface area contributed by atoms with Crippen molar-refractivity contribution in [3.8, 4) is 0 Å². The smallest absolute Gasteiger partial charge is 0.255 e. The zero-order chi connectivity index (χ0) is 16.2. The van der Waals surface area contributed by atoms with Gasteiger partial charge in [-0.2, -0.15) is 0 Å². The van der Waals surface area contributed by atoms with Crippen LogP contribution in [-0.2, 0) is 0 Å². The number of piperidine rings is 1. The van der Waals surface area contributed by atoms with Crippen LogP contribution in [-0.4, -0.2) is 47.7 Å². The second-order valence-electron chi connectivity index (χ2n) is 6.71. The van der Waals surface area contributed by atoms with E-state index in [1.54, 1.807) is 12.1 Å². The first-order valence-corrected chi connectivity index (χ1v) is 8.98. The molecule has 126 valence electrons. The molecule has 1 amide bonds. The van der Waals surface area contributed by atoms with Crippen molar-refractivity contribution in [1.29, 1.82) is 0 Å². The molecule has 2 atom stereocenters. The number of carbonyl (C=O) groups excluding carboxylic acids is 1. The third-order valence-electron chi connectivity index (χ3n) is 5.17. The van der Waals surface area contributed by atoms with Gasteiger partial charge in [0.05, 0.1) is 16.7 Å². The molecule has 1 aliphatic heterocycles. The highest BCUT2D eigenvalue weighted by Crippen LogP contribution is 2.25. The highest BCUT2D eigenvalue weighted by atomic mass is 35.5. The van der Waals surface area contributed by atoms with Gasteiger partial charge in [-0.15, -0.1) is 0 Å². The zero-order valence-electron chi connectivity index (χ0n) is 13.4. The molecule has 0 bridgehead atoms. The van der Waals surface area contributed by atoms with Crippen molar-refractivity contribution in [3.05, 3.63) is 34.9 Å². The molecular weight excluding hydrogens is 312 g/mol. The Labute approximate surface area is 142 Å². The van der Waals surface area contributed by atoms with Crippen LogP contribution >= 0.6 is 11.6 Å². The lowest BCUT2D eigenvalue weighted by atomic mass is 10.0. The molecule has 4 nitrogen and oxygen atoms in total. The minimum atomic E-state index is -0.135. The lowest BCUT2D eigenvalue weighted by molar-refractivity contribution is 0.0700. The summed E-state index contributed by atoms with van der Waals surface area (Å²) >= 11 is 6.12. The first-order valence-electron chi connectivity index (χ1n) is 8.60. The predicted octanol–water partition coefficient (Wildman–Crippen LogP) is 2.70. The van der Waals surface area contributed by atoms with E-state index in [0.717, 1.165) is 51.7 Å². The number of halogens is 1. The molecule has 23 heavy (non-hydrogen) atoms. The maximum absolute atomic E-state index is 12.5. The standard InChI is InChI=1S/C18H25ClN2O2/c19-16-6-2-1-5-15(16)18(23)21-10-8-14(9-11-21)20-12-13-4-3-7-17(13)22/h1-2,5-6,13-14,17,20,22H,3-4,7-12H2/t13-,17+/m0/s1. The number of amides is 1. The van der Waals surface area contributed by atoms with Crippen molar-refractivity contribution in [3.63, 3.8) is 0 Å². The van der Waals surface area contributed by atoms with E-state index < -0.39 is 0 Å². The molecule has 0 aromatic heterocycles. The van der Waals surface area contributed by atoms with Gasteiger partial charge >= 0.3 is 0 Å². The van der Waals surface area contributed by atoms with E-state index in [4.69, 9.17) is 11.6 Å². The summed E-state index contributed by atoms with van der Waals surface area (Å²) in [6.45, 7) is 2.41. The Morgan fingerprint density at radius 1 is 1.22 bits per heavy atom. The van der Waals surface area contributed by atoms with E-state index in [9.17, 15) is 9.90 Å². The van der Waals surface area contributed by atoms with Gasteiger partial charge in [0.25, 0.3) is 5.91 Å². The van der Waals surface area contributed by atoms with Crippen molar-refractivity contribution in [1.82, 2.24) is 10.2 Å². The van der Waals surface area contributed by atoms with Crippen LogP contribution in [0.5, 0.6) is 0 Å². The number of rotatable bonds is 4. The fourth-order valence-electron chi connectivity index (χ4n) is 3.67. The van der Waals surface area contributed by atoms with Crippen molar-refractivity contribution >= 4 is 17.5 Å². The highest BCUT2D eigenvalue weighted by Gasteiger charge is 2.28. The summed E-state index contributed by atoms with van der Waals surface area (Å²) in [5.41, 5.74) is 0.592. The summed E-state index contributed by atoms with van der Waals surface area (Å²) in [5, 5.41) is 14.0. The van der Waals surface area contributed by atoms with E-state index in [-0.39, 0.29) is 12.0 Å². The van der Waals surface area contributed by atoms with Crippen LogP contribution in [0.25, 0.3) is 0 Å². The number of benzene rings is 1. The van der Waals surface area contributed by atoms with E-state index >= 15 is 0 Å². The van der Waals surface area contributed by atoms with Gasteiger partial charge in [0.2, 0.25) is 0 Å². The van der Waals surface area contributed by atoms with Gasteiger partial charge in [0, 0.05) is 25.7 Å². The third-order valence-corrected chi connectivity index (χ3v) is 5.50. The number of nitrogens with zero attached hydrogens (tertiary/aromatic N) is 1. The first-order chi connectivity index (χ1) is 11.1. The number of hydrogen-bond donors (Lipinski definition) is 2. The molecular formula is C18H25ClN2O2. The Morgan fingerprint density at radius 2 is 1.96 bits per heavy atom. The van der Waals surface area contributed by atoms with Crippen molar-refractivity contribution < 1.29 is 9.90 Å². The van der Waals surface area contributed by atoms with Crippen LogP contribution < -0.4 is 5.32 Å². The molecule has 5 heteroatoms. The number of carbonyl (C=O) groups is 1. The Morgan fingerprint density at radius 3 is 2.61 bits per heavy atom. The van der Waals surface area contributed by atoms with Gasteiger partial charge in [-0.05, 0) is 43.7 Å². The summed E-state index contributed by atoms with van der Waals surface area (Å²) in [7, 11) is 0. The first kappa shape index (κ1) is 16.7. The lowest BCUT2D eigenvalue weighted by Gasteiger charge is -2.33. The largest absolute Gasteiger partial charge is 0.393 e. The summed E-state index contributed by atoms with van der Waals surface area (Å²) in [6.07, 6.45) is 4.98. The second-order valence-corrected chi connectivity index (χ2v) is 7.12. The number of likely N-dealkylation sites (tertiary alicyclic amines) is 1. The van der Waals surface area contributed by atoms with Crippen molar-refractivity contribution in [2.75, 3.05) is 19.6 Å². The van der Waals surface area contributed by atoms with Crippen LogP contribution in [0.4, 0.5) is 0 Å². The Kier molecular flexibility index (Phi) is 5.57. The summed E-state index contributed by atoms with van der Waals surface area (Å²) < 4.78 is 0. The molecule has 3 rings (SSSR count). The lowest BCUT2D eigenvalue weighted by Crippen LogP contribution is -2.46. The number of hydrogen-bond acceptors (Lipinski definition) is 3. The molecule has 0 unspecified atom stereocenters. The van der Waals surface area contributed by atoms with Gasteiger partial charge < -0.3 is 15.3 Å². The maximum Gasteiger partial charge on any atom is 0.255 e. The quantitative estimate of drug-likeness (QED) is 0.889. The van der Waals surface area contributed by atoms with Crippen LogP contribution in [0.3, 0.4) is 0 Å². The Bertz CT molecular complexity index is 544. The minimum Gasteiger partial charge on any atom is -0.393 e. The van der Waals surface area contributed by atoms with Crippen LogP contribution in [0.2, 0.25) is 5.02 Å². The van der Waals surface area contributed by atoms with E-state index in [1.807, 2.05) is 17.0 Å². The predicted molar refractivity (Wildman–Crippen MR) is 91.7 cm³/mol. The molecule has 1 saturated heterocycles. The van der Waals surface area contributed by atoms with Crippen LogP contribution in [0.15, 0.2) is 24.3 Å². The highest BCUT2D eigenvalue weighted by molar-refractivity contribution is 6.33. The molecule has 1 aromatic rings. The minimum absolute atomic E-state index is 0.0280. The monoisotopic (exact) mass is 336 g/mol. The Balaban J connectivity index is 1.47. The van der Waals surface area contributed by atoms with Gasteiger partial charge in [-0.25, -0.2) is 0 Å². The molecule has 2 fully saturated rings. The van der Waals surface area contributed by atoms with Gasteiger partial charge in [-0.1, -0.05) is 30.2 Å². The van der Waals surface area contributed by atoms with E-state index in [1.165, 1.54) is 0 Å². The second kappa shape index (κ2) is 7.65. The summed E-state index contributed by atoms with van der Waals surface area (Å²) in [6, 6.07) is 7.68. The fraction of sp³-hybridized carbons (Fsp3) is 0.611. The zero-order valence-corrected chi connectivity index (χ0v) is 14.1. The Hall–Kier alpha value is -1.10. The average molecular weight is 337 g/mol. The number of nitrogens with one attached hydrogen (secondary N) is 1. The fourth-order valence-corrected chi connectivity index (χ4v) is 3.88. The van der Waals surface area contributed by atoms with Crippen molar-refractivity contribution in [2.24, 2.45) is 5.92 Å². The number of aliphatic hydroxyl groups excluding tert-OH is 1. The molecule has 1 aromatic carbocycles. The molecule has 1 saturated carbocycles. The summed E-state index contributed by atoms with van der Waals surface area (Å²) in [5.74, 6) is 0.429. The van der Waals surface area contributed by atoms with Gasteiger partial charge in [-0.3, -0.25) is 4.79 Å². The third kappa shape index (κ3) is 4.06. The topological polar surface area (TPSA) is 52.6 Å². The van der Waals surface area contributed by atoms with Crippen LogP contribution in [0, 0.1) is 5.92 Å². The van der Waals surface area contributed by atoms with Crippen LogP contribution in [0.1, 0.15) is 42.5 Å². The normalized spacial score (nSPS) is 25.7. The molecule has 2 aliphatic rings. The molecule has 1 aliphatic carbocycles. The average Bonchev–Trinajstić information content (AvgIpc) is 2.98. The maximum atomic E-state index is 12.5. The van der Waals surface area contributed by atoms with E-state index in [0.29, 0.717) is 22.5 Å². The molecule has 0 spiro atoms. The summed E-state index contributed by atoms with van der Waals surface area (Å²) in [4.78, 5) is 14.4. The molecule has 2 N–H and O–H groups in total. The SMILES string of the molecule is O=C(c1ccccc1Cl)N1CCC(NC[C@@H]2CCC[C@H]2O)CC1. The van der Waals surface area contributed by atoms with Crippen molar-refractivity contribution in [2.45, 2.75) is 44.2 Å². The molecule has 1 heterocycles. The van der Waals surface area contributed by atoms with Gasteiger partial charge in [0.1, 0.15) is 0 Å². The van der Waals surface area contributed by atoms with Gasteiger partial charge in [0.15, 0.2) is 0 Å².